The van der Waals surface area contributed by atoms with E-state index in [0.717, 1.165) is 17.8 Å². The van der Waals surface area contributed by atoms with Crippen LogP contribution in [0, 0.1) is 17.8 Å². The SMILES string of the molecule is CC1CCC2CCCCC2C1N. The van der Waals surface area contributed by atoms with Gasteiger partial charge in [-0.1, -0.05) is 26.2 Å². The van der Waals surface area contributed by atoms with Gasteiger partial charge in [-0.15, -0.1) is 0 Å². The predicted octanol–water partition coefficient (Wildman–Crippen LogP) is 2.55. The van der Waals surface area contributed by atoms with Crippen molar-refractivity contribution in [2.24, 2.45) is 23.5 Å². The Morgan fingerprint density at radius 1 is 1.00 bits per heavy atom. The Kier molecular flexibility index (Phi) is 2.40. The first-order chi connectivity index (χ1) is 5.79. The predicted molar refractivity (Wildman–Crippen MR) is 51.8 cm³/mol. The summed E-state index contributed by atoms with van der Waals surface area (Å²) in [6, 6.07) is 0.518. The molecule has 0 spiro atoms. The van der Waals surface area contributed by atoms with Crippen molar-refractivity contribution in [3.8, 4) is 0 Å². The van der Waals surface area contributed by atoms with Crippen LogP contribution in [0.5, 0.6) is 0 Å². The summed E-state index contributed by atoms with van der Waals surface area (Å²) in [5, 5.41) is 0. The standard InChI is InChI=1S/C11H21N/c1-8-6-7-9-4-2-3-5-10(9)11(8)12/h8-11H,2-7,12H2,1H3. The Morgan fingerprint density at radius 2 is 1.75 bits per heavy atom. The van der Waals surface area contributed by atoms with E-state index in [4.69, 9.17) is 5.73 Å². The van der Waals surface area contributed by atoms with E-state index in [1.807, 2.05) is 0 Å². The van der Waals surface area contributed by atoms with Gasteiger partial charge in [0.2, 0.25) is 0 Å². The molecule has 0 aliphatic heterocycles. The van der Waals surface area contributed by atoms with E-state index in [1.165, 1.54) is 38.5 Å². The molecule has 0 heterocycles. The molecule has 2 rings (SSSR count). The molecule has 4 atom stereocenters. The fourth-order valence-corrected chi connectivity index (χ4v) is 3.19. The highest BCUT2D eigenvalue weighted by molar-refractivity contribution is 4.90. The topological polar surface area (TPSA) is 26.0 Å². The highest BCUT2D eigenvalue weighted by Crippen LogP contribution is 2.41. The first-order valence-corrected chi connectivity index (χ1v) is 5.54. The Labute approximate surface area is 75.7 Å². The Hall–Kier alpha value is -0.0400. The molecule has 0 bridgehead atoms. The van der Waals surface area contributed by atoms with Gasteiger partial charge in [-0.2, -0.15) is 0 Å². The lowest BCUT2D eigenvalue weighted by Gasteiger charge is -2.43. The van der Waals surface area contributed by atoms with E-state index in [0.29, 0.717) is 6.04 Å². The average molecular weight is 167 g/mol. The van der Waals surface area contributed by atoms with Crippen LogP contribution in [-0.4, -0.2) is 6.04 Å². The van der Waals surface area contributed by atoms with Gasteiger partial charge in [0, 0.05) is 6.04 Å². The lowest BCUT2D eigenvalue weighted by Crippen LogP contribution is -2.45. The lowest BCUT2D eigenvalue weighted by atomic mass is 9.65. The molecule has 2 aliphatic carbocycles. The lowest BCUT2D eigenvalue weighted by molar-refractivity contribution is 0.109. The molecule has 1 heteroatoms. The van der Waals surface area contributed by atoms with E-state index in [9.17, 15) is 0 Å². The molecular weight excluding hydrogens is 146 g/mol. The quantitative estimate of drug-likeness (QED) is 0.589. The van der Waals surface area contributed by atoms with Crippen molar-refractivity contribution in [3.05, 3.63) is 0 Å². The molecule has 12 heavy (non-hydrogen) atoms. The van der Waals surface area contributed by atoms with Gasteiger partial charge in [-0.25, -0.2) is 0 Å². The zero-order valence-electron chi connectivity index (χ0n) is 8.13. The molecule has 0 aromatic carbocycles. The normalized spacial score (nSPS) is 48.5. The number of rotatable bonds is 0. The van der Waals surface area contributed by atoms with Gasteiger partial charge in [-0.05, 0) is 37.0 Å². The molecule has 2 saturated carbocycles. The average Bonchev–Trinajstić information content (AvgIpc) is 2.12. The maximum absolute atomic E-state index is 6.23. The van der Waals surface area contributed by atoms with Crippen LogP contribution in [0.25, 0.3) is 0 Å². The Morgan fingerprint density at radius 3 is 2.58 bits per heavy atom. The van der Waals surface area contributed by atoms with Crippen LogP contribution < -0.4 is 5.73 Å². The van der Waals surface area contributed by atoms with Gasteiger partial charge >= 0.3 is 0 Å². The minimum absolute atomic E-state index is 0.518. The summed E-state index contributed by atoms with van der Waals surface area (Å²) < 4.78 is 0. The summed E-state index contributed by atoms with van der Waals surface area (Å²) in [6.45, 7) is 2.33. The van der Waals surface area contributed by atoms with Crippen molar-refractivity contribution >= 4 is 0 Å². The second-order valence-electron chi connectivity index (χ2n) is 4.84. The summed E-state index contributed by atoms with van der Waals surface area (Å²) in [7, 11) is 0. The molecule has 70 valence electrons. The Balaban J connectivity index is 2.03. The molecule has 0 amide bonds. The molecule has 0 aromatic heterocycles. The van der Waals surface area contributed by atoms with Gasteiger partial charge in [0.15, 0.2) is 0 Å². The van der Waals surface area contributed by atoms with Crippen LogP contribution in [0.4, 0.5) is 0 Å². The number of hydrogen-bond acceptors (Lipinski definition) is 1. The third-order valence-corrected chi connectivity index (χ3v) is 4.11. The molecule has 0 saturated heterocycles. The van der Waals surface area contributed by atoms with E-state index < -0.39 is 0 Å². The summed E-state index contributed by atoms with van der Waals surface area (Å²) >= 11 is 0. The zero-order chi connectivity index (χ0) is 8.55. The van der Waals surface area contributed by atoms with Gasteiger partial charge in [0.1, 0.15) is 0 Å². The zero-order valence-corrected chi connectivity index (χ0v) is 8.13. The van der Waals surface area contributed by atoms with E-state index in [2.05, 4.69) is 6.92 Å². The van der Waals surface area contributed by atoms with Crippen molar-refractivity contribution in [2.75, 3.05) is 0 Å². The molecule has 0 radical (unpaired) electrons. The maximum Gasteiger partial charge on any atom is 0.00956 e. The minimum Gasteiger partial charge on any atom is -0.327 e. The van der Waals surface area contributed by atoms with Crippen LogP contribution in [0.3, 0.4) is 0 Å². The van der Waals surface area contributed by atoms with Gasteiger partial charge in [0.25, 0.3) is 0 Å². The van der Waals surface area contributed by atoms with Gasteiger partial charge < -0.3 is 5.73 Å². The smallest absolute Gasteiger partial charge is 0.00956 e. The van der Waals surface area contributed by atoms with Crippen molar-refractivity contribution < 1.29 is 0 Å². The second-order valence-corrected chi connectivity index (χ2v) is 4.84. The summed E-state index contributed by atoms with van der Waals surface area (Å²) in [5.74, 6) is 2.65. The van der Waals surface area contributed by atoms with Crippen LogP contribution in [-0.2, 0) is 0 Å². The second kappa shape index (κ2) is 3.37. The minimum atomic E-state index is 0.518. The molecular formula is C11H21N. The van der Waals surface area contributed by atoms with Crippen molar-refractivity contribution in [2.45, 2.75) is 51.5 Å². The van der Waals surface area contributed by atoms with Gasteiger partial charge in [-0.3, -0.25) is 0 Å². The summed E-state index contributed by atoms with van der Waals surface area (Å²) in [4.78, 5) is 0. The van der Waals surface area contributed by atoms with Crippen molar-refractivity contribution in [1.29, 1.82) is 0 Å². The number of nitrogens with two attached hydrogens (primary N) is 1. The third kappa shape index (κ3) is 1.39. The Bertz CT molecular complexity index is 153. The van der Waals surface area contributed by atoms with Crippen molar-refractivity contribution in [3.63, 3.8) is 0 Å². The molecule has 2 aliphatic rings. The maximum atomic E-state index is 6.23. The van der Waals surface area contributed by atoms with Crippen molar-refractivity contribution in [1.82, 2.24) is 0 Å². The van der Waals surface area contributed by atoms with Crippen LogP contribution in [0.1, 0.15) is 45.4 Å². The largest absolute Gasteiger partial charge is 0.327 e. The van der Waals surface area contributed by atoms with E-state index in [1.54, 1.807) is 0 Å². The highest BCUT2D eigenvalue weighted by atomic mass is 14.7. The molecule has 4 unspecified atom stereocenters. The fourth-order valence-electron chi connectivity index (χ4n) is 3.19. The third-order valence-electron chi connectivity index (χ3n) is 4.11. The van der Waals surface area contributed by atoms with Crippen LogP contribution >= 0.6 is 0 Å². The summed E-state index contributed by atoms with van der Waals surface area (Å²) in [6.07, 6.45) is 8.60. The van der Waals surface area contributed by atoms with E-state index >= 15 is 0 Å². The first kappa shape index (κ1) is 8.55. The van der Waals surface area contributed by atoms with Crippen LogP contribution in [0.2, 0.25) is 0 Å². The number of hydrogen-bond donors (Lipinski definition) is 1. The number of fused-ring (bicyclic) bond motifs is 1. The summed E-state index contributed by atoms with van der Waals surface area (Å²) in [5.41, 5.74) is 6.23. The molecule has 2 N–H and O–H groups in total. The van der Waals surface area contributed by atoms with Crippen LogP contribution in [0.15, 0.2) is 0 Å². The molecule has 0 aromatic rings. The van der Waals surface area contributed by atoms with Gasteiger partial charge in [0.05, 0.1) is 0 Å². The van der Waals surface area contributed by atoms with E-state index in [-0.39, 0.29) is 0 Å². The highest BCUT2D eigenvalue weighted by Gasteiger charge is 2.36. The first-order valence-electron chi connectivity index (χ1n) is 5.54. The monoisotopic (exact) mass is 167 g/mol. The molecule has 2 fully saturated rings. The molecule has 1 nitrogen and oxygen atoms in total. The fraction of sp³-hybridized carbons (Fsp3) is 1.00.